The van der Waals surface area contributed by atoms with Crippen molar-refractivity contribution in [1.82, 2.24) is 10.1 Å². The summed E-state index contributed by atoms with van der Waals surface area (Å²) in [7, 11) is 0. The van der Waals surface area contributed by atoms with Crippen molar-refractivity contribution >= 4 is 17.5 Å². The zero-order chi connectivity index (χ0) is 12.3. The van der Waals surface area contributed by atoms with Gasteiger partial charge in [0, 0.05) is 18.5 Å². The first-order valence-electron chi connectivity index (χ1n) is 4.86. The number of nitrogens with two attached hydrogens (primary N) is 1. The van der Waals surface area contributed by atoms with E-state index in [0.717, 1.165) is 0 Å². The van der Waals surface area contributed by atoms with E-state index in [4.69, 9.17) is 10.4 Å². The molecular weight excluding hydrogens is 222 g/mol. The van der Waals surface area contributed by atoms with Crippen molar-refractivity contribution < 1.29 is 9.32 Å². The molecule has 0 spiro atoms. The van der Waals surface area contributed by atoms with E-state index < -0.39 is 0 Å². The average Bonchev–Trinajstić information content (AvgIpc) is 2.74. The molecule has 0 aliphatic heterocycles. The first-order chi connectivity index (χ1) is 8.20. The molecule has 4 N–H and O–H groups in total. The number of nitrogens with one attached hydrogen (secondary N) is 2. The van der Waals surface area contributed by atoms with Crippen LogP contribution in [0.5, 0.6) is 0 Å². The van der Waals surface area contributed by atoms with E-state index in [9.17, 15) is 4.79 Å². The summed E-state index contributed by atoms with van der Waals surface area (Å²) in [6.07, 6.45) is 2.94. The Morgan fingerprint density at radius 3 is 3.00 bits per heavy atom. The number of aryl methyl sites for hydroxylation is 1. The highest BCUT2D eigenvalue weighted by molar-refractivity contribution is 6.07. The molecule has 0 saturated heterocycles. The number of hydrazine groups is 1. The van der Waals surface area contributed by atoms with Crippen molar-refractivity contribution in [2.24, 2.45) is 5.84 Å². The molecule has 0 bridgehead atoms. The maximum atomic E-state index is 11.9. The summed E-state index contributed by atoms with van der Waals surface area (Å²) in [4.78, 5) is 15.7. The molecule has 0 atom stereocenters. The minimum atomic E-state index is -0.373. The molecule has 0 radical (unpaired) electrons. The number of carbonyl (C=O) groups excluding carboxylic acids is 1. The van der Waals surface area contributed by atoms with Crippen molar-refractivity contribution in [3.05, 3.63) is 35.8 Å². The van der Waals surface area contributed by atoms with Gasteiger partial charge in [-0.15, -0.1) is 0 Å². The Bertz CT molecular complexity index is 537. The maximum Gasteiger partial charge on any atom is 0.261 e. The summed E-state index contributed by atoms with van der Waals surface area (Å²) in [6, 6.07) is 3.21. The fourth-order valence-corrected chi connectivity index (χ4v) is 1.30. The normalized spacial score (nSPS) is 10.0. The molecule has 0 fully saturated rings. The lowest BCUT2D eigenvalue weighted by Gasteiger charge is -2.06. The van der Waals surface area contributed by atoms with Crippen LogP contribution in [0.25, 0.3) is 0 Å². The van der Waals surface area contributed by atoms with E-state index in [1.54, 1.807) is 19.1 Å². The van der Waals surface area contributed by atoms with Crippen LogP contribution >= 0.6 is 0 Å². The van der Waals surface area contributed by atoms with Crippen molar-refractivity contribution in [2.45, 2.75) is 6.92 Å². The van der Waals surface area contributed by atoms with Crippen LogP contribution < -0.4 is 16.6 Å². The van der Waals surface area contributed by atoms with Crippen LogP contribution in [-0.4, -0.2) is 16.0 Å². The molecule has 0 aromatic carbocycles. The number of hydrogen-bond donors (Lipinski definition) is 3. The van der Waals surface area contributed by atoms with Gasteiger partial charge in [0.1, 0.15) is 0 Å². The Morgan fingerprint density at radius 1 is 1.53 bits per heavy atom. The third-order valence-electron chi connectivity index (χ3n) is 2.09. The second-order valence-corrected chi connectivity index (χ2v) is 3.35. The SMILES string of the molecule is Cc1cc(NC(=O)c2cnccc2NN)on1. The van der Waals surface area contributed by atoms with Crippen molar-refractivity contribution in [3.8, 4) is 0 Å². The van der Waals surface area contributed by atoms with Crippen LogP contribution in [-0.2, 0) is 0 Å². The second-order valence-electron chi connectivity index (χ2n) is 3.35. The van der Waals surface area contributed by atoms with Crippen molar-refractivity contribution in [1.29, 1.82) is 0 Å². The molecular formula is C10H11N5O2. The van der Waals surface area contributed by atoms with E-state index >= 15 is 0 Å². The Hall–Kier alpha value is -2.41. The Morgan fingerprint density at radius 2 is 2.35 bits per heavy atom. The lowest BCUT2D eigenvalue weighted by molar-refractivity contribution is 0.102. The molecule has 7 heteroatoms. The van der Waals surface area contributed by atoms with Gasteiger partial charge in [-0.1, -0.05) is 5.16 Å². The van der Waals surface area contributed by atoms with Gasteiger partial charge < -0.3 is 9.95 Å². The number of carbonyl (C=O) groups is 1. The quantitative estimate of drug-likeness (QED) is 0.537. The summed E-state index contributed by atoms with van der Waals surface area (Å²) in [5.41, 5.74) is 3.91. The van der Waals surface area contributed by atoms with Gasteiger partial charge in [-0.25, -0.2) is 0 Å². The second kappa shape index (κ2) is 4.62. The van der Waals surface area contributed by atoms with E-state index in [1.165, 1.54) is 12.4 Å². The fourth-order valence-electron chi connectivity index (χ4n) is 1.30. The molecule has 17 heavy (non-hydrogen) atoms. The number of amides is 1. The summed E-state index contributed by atoms with van der Waals surface area (Å²) >= 11 is 0. The smallest absolute Gasteiger partial charge is 0.261 e. The molecule has 2 aromatic heterocycles. The number of rotatable bonds is 3. The first-order valence-corrected chi connectivity index (χ1v) is 4.86. The Balaban J connectivity index is 2.20. The lowest BCUT2D eigenvalue weighted by atomic mass is 10.2. The standard InChI is InChI=1S/C10H11N5O2/c1-6-4-9(17-15-6)13-10(16)7-5-12-3-2-8(7)14-11/h2-5H,11H2,1H3,(H,12,14)(H,13,16). The Kier molecular flexibility index (Phi) is 3.01. The van der Waals surface area contributed by atoms with Crippen LogP contribution in [0.3, 0.4) is 0 Å². The number of anilines is 2. The summed E-state index contributed by atoms with van der Waals surface area (Å²) in [6.45, 7) is 1.76. The molecule has 0 unspecified atom stereocenters. The van der Waals surface area contributed by atoms with Gasteiger partial charge in [0.15, 0.2) is 0 Å². The zero-order valence-corrected chi connectivity index (χ0v) is 9.10. The highest BCUT2D eigenvalue weighted by Crippen LogP contribution is 2.15. The topological polar surface area (TPSA) is 106 Å². The molecule has 1 amide bonds. The minimum Gasteiger partial charge on any atom is -0.338 e. The predicted molar refractivity (Wildman–Crippen MR) is 61.2 cm³/mol. The minimum absolute atomic E-state index is 0.277. The van der Waals surface area contributed by atoms with E-state index in [2.05, 4.69) is 20.9 Å². The van der Waals surface area contributed by atoms with Crippen LogP contribution in [0.2, 0.25) is 0 Å². The van der Waals surface area contributed by atoms with Crippen LogP contribution in [0.1, 0.15) is 16.1 Å². The number of hydrogen-bond acceptors (Lipinski definition) is 6. The summed E-state index contributed by atoms with van der Waals surface area (Å²) < 4.78 is 4.88. The van der Waals surface area contributed by atoms with Gasteiger partial charge in [0.2, 0.25) is 5.88 Å². The van der Waals surface area contributed by atoms with Gasteiger partial charge in [-0.2, -0.15) is 0 Å². The molecule has 2 aromatic rings. The maximum absolute atomic E-state index is 11.9. The van der Waals surface area contributed by atoms with Gasteiger partial charge in [-0.05, 0) is 13.0 Å². The van der Waals surface area contributed by atoms with Crippen molar-refractivity contribution in [3.63, 3.8) is 0 Å². The monoisotopic (exact) mass is 233 g/mol. The molecule has 0 aliphatic carbocycles. The van der Waals surface area contributed by atoms with Gasteiger partial charge in [0.05, 0.1) is 16.9 Å². The number of nitrogens with zero attached hydrogens (tertiary/aromatic N) is 2. The molecule has 0 saturated carbocycles. The fraction of sp³-hybridized carbons (Fsp3) is 0.100. The lowest BCUT2D eigenvalue weighted by Crippen LogP contribution is -2.17. The first kappa shape index (κ1) is 11.1. The molecule has 2 rings (SSSR count). The van der Waals surface area contributed by atoms with Crippen LogP contribution in [0.4, 0.5) is 11.6 Å². The molecule has 88 valence electrons. The third kappa shape index (κ3) is 2.40. The summed E-state index contributed by atoms with van der Waals surface area (Å²) in [5, 5.41) is 6.21. The Labute approximate surface area is 97.0 Å². The zero-order valence-electron chi connectivity index (χ0n) is 9.10. The highest BCUT2D eigenvalue weighted by atomic mass is 16.5. The van der Waals surface area contributed by atoms with E-state index in [1.807, 2.05) is 0 Å². The molecule has 2 heterocycles. The number of pyridine rings is 1. The van der Waals surface area contributed by atoms with Gasteiger partial charge in [-0.3, -0.25) is 20.9 Å². The highest BCUT2D eigenvalue weighted by Gasteiger charge is 2.13. The molecule has 0 aliphatic rings. The average molecular weight is 233 g/mol. The van der Waals surface area contributed by atoms with Gasteiger partial charge >= 0.3 is 0 Å². The van der Waals surface area contributed by atoms with E-state index in [-0.39, 0.29) is 11.8 Å². The molecule has 7 nitrogen and oxygen atoms in total. The van der Waals surface area contributed by atoms with Crippen molar-refractivity contribution in [2.75, 3.05) is 10.7 Å². The van der Waals surface area contributed by atoms with Crippen LogP contribution in [0, 0.1) is 6.92 Å². The van der Waals surface area contributed by atoms with E-state index in [0.29, 0.717) is 16.9 Å². The largest absolute Gasteiger partial charge is 0.338 e. The third-order valence-corrected chi connectivity index (χ3v) is 2.09. The van der Waals surface area contributed by atoms with Crippen LogP contribution in [0.15, 0.2) is 29.0 Å². The number of nitrogen functional groups attached to an aromatic ring is 1. The predicted octanol–water partition coefficient (Wildman–Crippen LogP) is 0.916. The number of aromatic nitrogens is 2. The van der Waals surface area contributed by atoms with Gasteiger partial charge in [0.25, 0.3) is 5.91 Å². The summed E-state index contributed by atoms with van der Waals surface area (Å²) in [5.74, 6) is 5.20.